The number of rotatable bonds is 6. The zero-order valence-corrected chi connectivity index (χ0v) is 12.7. The summed E-state index contributed by atoms with van der Waals surface area (Å²) in [5.41, 5.74) is 2.80. The van der Waals surface area contributed by atoms with E-state index in [1.54, 1.807) is 7.11 Å². The van der Waals surface area contributed by atoms with Gasteiger partial charge in [0, 0.05) is 25.7 Å². The molecule has 0 spiro atoms. The standard InChI is InChI=1S/C14H30N2O2/c1-10(9-17-6)7-12(16-15)11-8-13(2,3)18-14(11,4)5/h10-12,16H,7-9,15H2,1-6H3. The molecule has 0 aromatic rings. The lowest BCUT2D eigenvalue weighted by molar-refractivity contribution is -0.0785. The van der Waals surface area contributed by atoms with Crippen molar-refractivity contribution in [1.29, 1.82) is 0 Å². The molecule has 3 unspecified atom stereocenters. The Morgan fingerprint density at radius 1 is 1.39 bits per heavy atom. The van der Waals surface area contributed by atoms with Gasteiger partial charge in [0.05, 0.1) is 11.2 Å². The monoisotopic (exact) mass is 258 g/mol. The Morgan fingerprint density at radius 3 is 2.39 bits per heavy atom. The Bertz CT molecular complexity index is 267. The van der Waals surface area contributed by atoms with Crippen LogP contribution in [0.1, 0.15) is 47.5 Å². The third-order valence-electron chi connectivity index (χ3n) is 3.95. The van der Waals surface area contributed by atoms with Gasteiger partial charge >= 0.3 is 0 Å². The van der Waals surface area contributed by atoms with Crippen molar-refractivity contribution in [3.8, 4) is 0 Å². The molecule has 1 fully saturated rings. The van der Waals surface area contributed by atoms with E-state index in [0.717, 1.165) is 19.4 Å². The molecule has 0 amide bonds. The van der Waals surface area contributed by atoms with Crippen LogP contribution in [-0.2, 0) is 9.47 Å². The van der Waals surface area contributed by atoms with Gasteiger partial charge in [0.25, 0.3) is 0 Å². The molecule has 1 saturated heterocycles. The van der Waals surface area contributed by atoms with Gasteiger partial charge < -0.3 is 9.47 Å². The molecule has 108 valence electrons. The lowest BCUT2D eigenvalue weighted by atomic mass is 9.79. The predicted molar refractivity (Wildman–Crippen MR) is 74.1 cm³/mol. The summed E-state index contributed by atoms with van der Waals surface area (Å²) in [7, 11) is 1.74. The van der Waals surface area contributed by atoms with Gasteiger partial charge in [-0.3, -0.25) is 11.3 Å². The van der Waals surface area contributed by atoms with E-state index >= 15 is 0 Å². The molecule has 3 atom stereocenters. The van der Waals surface area contributed by atoms with Gasteiger partial charge in [-0.25, -0.2) is 0 Å². The van der Waals surface area contributed by atoms with Gasteiger partial charge in [-0.2, -0.15) is 0 Å². The second-order valence-electron chi connectivity index (χ2n) is 6.85. The van der Waals surface area contributed by atoms with E-state index in [9.17, 15) is 0 Å². The average Bonchev–Trinajstić information content (AvgIpc) is 2.43. The summed E-state index contributed by atoms with van der Waals surface area (Å²) in [5, 5.41) is 0. The van der Waals surface area contributed by atoms with Crippen LogP contribution >= 0.6 is 0 Å². The lowest BCUT2D eigenvalue weighted by Crippen LogP contribution is -2.48. The number of hydrogen-bond donors (Lipinski definition) is 2. The first-order valence-corrected chi connectivity index (χ1v) is 6.87. The minimum Gasteiger partial charge on any atom is -0.384 e. The summed E-state index contributed by atoms with van der Waals surface area (Å²) < 4.78 is 11.4. The molecule has 1 aliphatic rings. The summed E-state index contributed by atoms with van der Waals surface area (Å²) in [6, 6.07) is 0.270. The number of nitrogens with one attached hydrogen (secondary N) is 1. The molecule has 4 heteroatoms. The molecule has 18 heavy (non-hydrogen) atoms. The van der Waals surface area contributed by atoms with Crippen molar-refractivity contribution in [3.05, 3.63) is 0 Å². The second-order valence-corrected chi connectivity index (χ2v) is 6.85. The van der Waals surface area contributed by atoms with Crippen LogP contribution in [-0.4, -0.2) is 31.0 Å². The molecular weight excluding hydrogens is 228 g/mol. The van der Waals surface area contributed by atoms with Gasteiger partial charge in [-0.05, 0) is 46.5 Å². The third-order valence-corrected chi connectivity index (χ3v) is 3.95. The van der Waals surface area contributed by atoms with Crippen LogP contribution in [0.25, 0.3) is 0 Å². The first-order valence-electron chi connectivity index (χ1n) is 6.87. The predicted octanol–water partition coefficient (Wildman–Crippen LogP) is 2.08. The van der Waals surface area contributed by atoms with Crippen molar-refractivity contribution < 1.29 is 9.47 Å². The van der Waals surface area contributed by atoms with E-state index in [0.29, 0.717) is 11.8 Å². The normalized spacial score (nSPS) is 29.2. The number of hydrogen-bond acceptors (Lipinski definition) is 4. The summed E-state index contributed by atoms with van der Waals surface area (Å²) in [6.45, 7) is 11.6. The SMILES string of the molecule is COCC(C)CC(NN)C1CC(C)(C)OC1(C)C. The van der Waals surface area contributed by atoms with E-state index in [-0.39, 0.29) is 17.2 Å². The maximum Gasteiger partial charge on any atom is 0.0678 e. The molecule has 0 aliphatic carbocycles. The van der Waals surface area contributed by atoms with E-state index in [1.165, 1.54) is 0 Å². The highest BCUT2D eigenvalue weighted by Crippen LogP contribution is 2.44. The van der Waals surface area contributed by atoms with Crippen LogP contribution in [0, 0.1) is 11.8 Å². The molecule has 1 heterocycles. The largest absolute Gasteiger partial charge is 0.384 e. The lowest BCUT2D eigenvalue weighted by Gasteiger charge is -2.33. The average molecular weight is 258 g/mol. The molecule has 3 N–H and O–H groups in total. The maximum atomic E-state index is 6.15. The van der Waals surface area contributed by atoms with Gasteiger partial charge in [0.15, 0.2) is 0 Å². The number of methoxy groups -OCH3 is 1. The fraction of sp³-hybridized carbons (Fsp3) is 1.00. The van der Waals surface area contributed by atoms with Crippen molar-refractivity contribution in [2.75, 3.05) is 13.7 Å². The molecule has 0 aromatic carbocycles. The summed E-state index contributed by atoms with van der Waals surface area (Å²) in [6.07, 6.45) is 2.05. The Labute approximate surface area is 112 Å². The Hall–Kier alpha value is -0.160. The Balaban J connectivity index is 2.70. The van der Waals surface area contributed by atoms with E-state index in [1.807, 2.05) is 0 Å². The quantitative estimate of drug-likeness (QED) is 0.566. The molecule has 0 saturated carbocycles. The summed E-state index contributed by atoms with van der Waals surface area (Å²) >= 11 is 0. The smallest absolute Gasteiger partial charge is 0.0678 e. The third kappa shape index (κ3) is 3.92. The van der Waals surface area contributed by atoms with E-state index in [2.05, 4.69) is 40.0 Å². The fourth-order valence-electron chi connectivity index (χ4n) is 3.37. The first kappa shape index (κ1) is 15.9. The van der Waals surface area contributed by atoms with E-state index < -0.39 is 0 Å². The molecule has 1 rings (SSSR count). The molecule has 1 aliphatic heterocycles. The van der Waals surface area contributed by atoms with Crippen molar-refractivity contribution in [2.45, 2.75) is 64.7 Å². The molecule has 4 nitrogen and oxygen atoms in total. The van der Waals surface area contributed by atoms with Crippen molar-refractivity contribution in [3.63, 3.8) is 0 Å². The van der Waals surface area contributed by atoms with Crippen molar-refractivity contribution in [2.24, 2.45) is 17.7 Å². The zero-order chi connectivity index (χ0) is 14.0. The number of nitrogens with two attached hydrogens (primary N) is 1. The van der Waals surface area contributed by atoms with Gasteiger partial charge in [0.1, 0.15) is 0 Å². The van der Waals surface area contributed by atoms with Crippen molar-refractivity contribution >= 4 is 0 Å². The second kappa shape index (κ2) is 5.87. The molecular formula is C14H30N2O2. The maximum absolute atomic E-state index is 6.15. The highest BCUT2D eigenvalue weighted by molar-refractivity contribution is 4.99. The minimum absolute atomic E-state index is 0.0617. The Morgan fingerprint density at radius 2 is 2.00 bits per heavy atom. The highest BCUT2D eigenvalue weighted by Gasteiger charge is 2.48. The molecule has 0 radical (unpaired) electrons. The van der Waals surface area contributed by atoms with Crippen LogP contribution in [0.3, 0.4) is 0 Å². The van der Waals surface area contributed by atoms with Gasteiger partial charge in [-0.15, -0.1) is 0 Å². The van der Waals surface area contributed by atoms with Crippen LogP contribution in [0.5, 0.6) is 0 Å². The zero-order valence-electron chi connectivity index (χ0n) is 12.7. The molecule has 0 aromatic heterocycles. The highest BCUT2D eigenvalue weighted by atomic mass is 16.5. The van der Waals surface area contributed by atoms with Crippen LogP contribution in [0.15, 0.2) is 0 Å². The van der Waals surface area contributed by atoms with Gasteiger partial charge in [0.2, 0.25) is 0 Å². The molecule has 0 bridgehead atoms. The topological polar surface area (TPSA) is 56.5 Å². The van der Waals surface area contributed by atoms with Crippen LogP contribution < -0.4 is 11.3 Å². The van der Waals surface area contributed by atoms with Crippen LogP contribution in [0.2, 0.25) is 0 Å². The number of ether oxygens (including phenoxy) is 2. The fourth-order valence-corrected chi connectivity index (χ4v) is 3.37. The number of hydrazine groups is 1. The summed E-state index contributed by atoms with van der Waals surface area (Å²) in [4.78, 5) is 0. The van der Waals surface area contributed by atoms with Crippen molar-refractivity contribution in [1.82, 2.24) is 5.43 Å². The van der Waals surface area contributed by atoms with E-state index in [4.69, 9.17) is 15.3 Å². The van der Waals surface area contributed by atoms with Crippen LogP contribution in [0.4, 0.5) is 0 Å². The Kier molecular flexibility index (Phi) is 5.18. The summed E-state index contributed by atoms with van der Waals surface area (Å²) in [5.74, 6) is 6.68. The first-order chi connectivity index (χ1) is 8.22. The minimum atomic E-state index is -0.132. The van der Waals surface area contributed by atoms with Gasteiger partial charge in [-0.1, -0.05) is 6.92 Å².